The van der Waals surface area contributed by atoms with Crippen LogP contribution in [0.2, 0.25) is 0 Å². The maximum absolute atomic E-state index is 8.98. The van der Waals surface area contributed by atoms with E-state index in [9.17, 15) is 0 Å². The van der Waals surface area contributed by atoms with E-state index in [0.717, 1.165) is 13.1 Å². The second-order valence-corrected chi connectivity index (χ2v) is 5.84. The fourth-order valence-electron chi connectivity index (χ4n) is 2.26. The van der Waals surface area contributed by atoms with E-state index in [1.54, 1.807) is 11.3 Å². The van der Waals surface area contributed by atoms with Crippen LogP contribution in [0.25, 0.3) is 0 Å². The molecule has 0 fully saturated rings. The lowest BCUT2D eigenvalue weighted by Crippen LogP contribution is -2.41. The standard InChI is InChI=1S/C14H23N3S/c1-5-17(9-10(2)8-15)13(12(4)16)14-11(3)6-7-18-14/h6-7,10,12-13H,5,9,16H2,1-4H3. The van der Waals surface area contributed by atoms with Gasteiger partial charge in [-0.25, -0.2) is 0 Å². The maximum Gasteiger partial charge on any atom is 0.0666 e. The second-order valence-electron chi connectivity index (χ2n) is 4.89. The molecule has 0 saturated heterocycles. The van der Waals surface area contributed by atoms with Gasteiger partial charge in [0.15, 0.2) is 0 Å². The van der Waals surface area contributed by atoms with Crippen LogP contribution in [0.4, 0.5) is 0 Å². The molecule has 0 spiro atoms. The van der Waals surface area contributed by atoms with E-state index >= 15 is 0 Å². The predicted octanol–water partition coefficient (Wildman–Crippen LogP) is 2.93. The summed E-state index contributed by atoms with van der Waals surface area (Å²) >= 11 is 1.76. The van der Waals surface area contributed by atoms with Crippen molar-refractivity contribution in [3.8, 4) is 6.07 Å². The topological polar surface area (TPSA) is 53.0 Å². The van der Waals surface area contributed by atoms with E-state index < -0.39 is 0 Å². The largest absolute Gasteiger partial charge is 0.326 e. The van der Waals surface area contributed by atoms with Gasteiger partial charge in [0.25, 0.3) is 0 Å². The summed E-state index contributed by atoms with van der Waals surface area (Å²) in [6.45, 7) is 9.95. The van der Waals surface area contributed by atoms with Gasteiger partial charge in [0.05, 0.1) is 18.0 Å². The lowest BCUT2D eigenvalue weighted by Gasteiger charge is -2.34. The van der Waals surface area contributed by atoms with Crippen molar-refractivity contribution < 1.29 is 0 Å². The molecule has 4 heteroatoms. The molecule has 3 atom stereocenters. The molecule has 3 unspecified atom stereocenters. The van der Waals surface area contributed by atoms with E-state index in [4.69, 9.17) is 11.0 Å². The van der Waals surface area contributed by atoms with Crippen LogP contribution in [0.15, 0.2) is 11.4 Å². The fourth-order valence-corrected chi connectivity index (χ4v) is 3.43. The number of thiophene rings is 1. The summed E-state index contributed by atoms with van der Waals surface area (Å²) in [5.41, 5.74) is 7.47. The van der Waals surface area contributed by atoms with Crippen molar-refractivity contribution >= 4 is 11.3 Å². The molecular formula is C14H23N3S. The monoisotopic (exact) mass is 265 g/mol. The smallest absolute Gasteiger partial charge is 0.0666 e. The SMILES string of the molecule is CCN(CC(C)C#N)C(c1sccc1C)C(C)N. The molecule has 1 heterocycles. The number of likely N-dealkylation sites (N-methyl/N-ethyl adjacent to an activating group) is 1. The molecule has 3 nitrogen and oxygen atoms in total. The second kappa shape index (κ2) is 6.89. The van der Waals surface area contributed by atoms with Gasteiger partial charge in [-0.2, -0.15) is 5.26 Å². The van der Waals surface area contributed by atoms with Crippen molar-refractivity contribution in [2.45, 2.75) is 39.8 Å². The minimum atomic E-state index is 0.0338. The minimum absolute atomic E-state index is 0.0338. The quantitative estimate of drug-likeness (QED) is 0.860. The van der Waals surface area contributed by atoms with Crippen molar-refractivity contribution in [2.75, 3.05) is 13.1 Å². The Morgan fingerprint density at radius 3 is 2.56 bits per heavy atom. The Balaban J connectivity index is 2.97. The van der Waals surface area contributed by atoms with Crippen molar-refractivity contribution in [2.24, 2.45) is 11.7 Å². The molecule has 1 rings (SSSR count). The van der Waals surface area contributed by atoms with Gasteiger partial charge in [-0.15, -0.1) is 11.3 Å². The minimum Gasteiger partial charge on any atom is -0.326 e. The fraction of sp³-hybridized carbons (Fsp3) is 0.643. The van der Waals surface area contributed by atoms with Crippen LogP contribution in [-0.4, -0.2) is 24.0 Å². The van der Waals surface area contributed by atoms with Crippen LogP contribution in [0, 0.1) is 24.2 Å². The number of rotatable bonds is 6. The van der Waals surface area contributed by atoms with Gasteiger partial charge in [-0.1, -0.05) is 6.92 Å². The lowest BCUT2D eigenvalue weighted by molar-refractivity contribution is 0.175. The third kappa shape index (κ3) is 3.55. The molecule has 1 aromatic heterocycles. The van der Waals surface area contributed by atoms with E-state index in [0.29, 0.717) is 0 Å². The van der Waals surface area contributed by atoms with Gasteiger partial charge >= 0.3 is 0 Å². The number of nitrogens with zero attached hydrogens (tertiary/aromatic N) is 2. The van der Waals surface area contributed by atoms with Crippen LogP contribution in [0.3, 0.4) is 0 Å². The third-order valence-corrected chi connectivity index (χ3v) is 4.29. The van der Waals surface area contributed by atoms with E-state index in [2.05, 4.69) is 36.3 Å². The van der Waals surface area contributed by atoms with Crippen LogP contribution < -0.4 is 5.73 Å². The van der Waals surface area contributed by atoms with Gasteiger partial charge < -0.3 is 5.73 Å². The number of hydrogen-bond acceptors (Lipinski definition) is 4. The highest BCUT2D eigenvalue weighted by atomic mass is 32.1. The molecule has 0 amide bonds. The summed E-state index contributed by atoms with van der Waals surface area (Å²) in [6.07, 6.45) is 0. The zero-order chi connectivity index (χ0) is 13.7. The Morgan fingerprint density at radius 1 is 1.50 bits per heavy atom. The first kappa shape index (κ1) is 15.2. The highest BCUT2D eigenvalue weighted by Crippen LogP contribution is 2.31. The molecule has 0 radical (unpaired) electrons. The Hall–Kier alpha value is -0.890. The Morgan fingerprint density at radius 2 is 2.17 bits per heavy atom. The average molecular weight is 265 g/mol. The summed E-state index contributed by atoms with van der Waals surface area (Å²) in [7, 11) is 0. The van der Waals surface area contributed by atoms with Crippen LogP contribution in [0.1, 0.15) is 37.3 Å². The number of nitrogens with two attached hydrogens (primary N) is 1. The highest BCUT2D eigenvalue weighted by Gasteiger charge is 2.26. The van der Waals surface area contributed by atoms with Crippen molar-refractivity contribution in [1.29, 1.82) is 5.26 Å². The molecular weight excluding hydrogens is 242 g/mol. The molecule has 100 valence electrons. The van der Waals surface area contributed by atoms with Crippen LogP contribution in [0.5, 0.6) is 0 Å². The Kier molecular flexibility index (Phi) is 5.80. The molecule has 0 aromatic carbocycles. The predicted molar refractivity (Wildman–Crippen MR) is 77.5 cm³/mol. The zero-order valence-corrected chi connectivity index (χ0v) is 12.5. The first-order valence-corrected chi connectivity index (χ1v) is 7.32. The molecule has 0 aliphatic rings. The van der Waals surface area contributed by atoms with Gasteiger partial charge in [0.1, 0.15) is 0 Å². The summed E-state index contributed by atoms with van der Waals surface area (Å²) in [5.74, 6) is 0.0338. The summed E-state index contributed by atoms with van der Waals surface area (Å²) in [5, 5.41) is 11.1. The molecule has 0 saturated carbocycles. The molecule has 18 heavy (non-hydrogen) atoms. The third-order valence-electron chi connectivity index (χ3n) is 3.20. The summed E-state index contributed by atoms with van der Waals surface area (Å²) in [6, 6.07) is 4.72. The van der Waals surface area contributed by atoms with Gasteiger partial charge in [0.2, 0.25) is 0 Å². The number of aryl methyl sites for hydroxylation is 1. The summed E-state index contributed by atoms with van der Waals surface area (Å²) in [4.78, 5) is 3.65. The van der Waals surface area contributed by atoms with E-state index in [1.807, 2.05) is 13.8 Å². The molecule has 0 bridgehead atoms. The lowest BCUT2D eigenvalue weighted by atomic mass is 10.0. The molecule has 0 aliphatic heterocycles. The average Bonchev–Trinajstić information content (AvgIpc) is 2.74. The van der Waals surface area contributed by atoms with Crippen molar-refractivity contribution in [1.82, 2.24) is 4.90 Å². The van der Waals surface area contributed by atoms with Gasteiger partial charge in [-0.3, -0.25) is 4.90 Å². The van der Waals surface area contributed by atoms with Crippen LogP contribution in [-0.2, 0) is 0 Å². The number of nitriles is 1. The summed E-state index contributed by atoms with van der Waals surface area (Å²) < 4.78 is 0. The van der Waals surface area contributed by atoms with E-state index in [-0.39, 0.29) is 18.0 Å². The van der Waals surface area contributed by atoms with Crippen molar-refractivity contribution in [3.63, 3.8) is 0 Å². The maximum atomic E-state index is 8.98. The highest BCUT2D eigenvalue weighted by molar-refractivity contribution is 7.10. The van der Waals surface area contributed by atoms with Gasteiger partial charge in [0, 0.05) is 17.5 Å². The van der Waals surface area contributed by atoms with Crippen molar-refractivity contribution in [3.05, 3.63) is 21.9 Å². The zero-order valence-electron chi connectivity index (χ0n) is 11.7. The molecule has 0 aliphatic carbocycles. The first-order valence-electron chi connectivity index (χ1n) is 6.44. The normalized spacial score (nSPS) is 16.3. The first-order chi connectivity index (χ1) is 8.51. The Labute approximate surface area is 114 Å². The molecule has 1 aromatic rings. The van der Waals surface area contributed by atoms with E-state index in [1.165, 1.54) is 10.4 Å². The van der Waals surface area contributed by atoms with Crippen LogP contribution >= 0.6 is 11.3 Å². The van der Waals surface area contributed by atoms with Gasteiger partial charge in [-0.05, 0) is 44.3 Å². The molecule has 2 N–H and O–H groups in total. The number of hydrogen-bond donors (Lipinski definition) is 1. The Bertz CT molecular complexity index is 405.